The molecule has 0 aromatic heterocycles. The Morgan fingerprint density at radius 2 is 1.39 bits per heavy atom. The third-order valence-corrected chi connectivity index (χ3v) is 5.10. The van der Waals surface area contributed by atoms with E-state index in [-0.39, 0.29) is 35.2 Å². The van der Waals surface area contributed by atoms with Crippen LogP contribution in [-0.2, 0) is 9.53 Å². The van der Waals surface area contributed by atoms with E-state index in [1.807, 2.05) is 19.1 Å². The molecule has 0 aliphatic rings. The van der Waals surface area contributed by atoms with Gasteiger partial charge in [0.1, 0.15) is 0 Å². The number of benzene rings is 2. The van der Waals surface area contributed by atoms with Crippen LogP contribution in [-0.4, -0.2) is 37.0 Å². The lowest BCUT2D eigenvalue weighted by molar-refractivity contribution is -0.142. The Bertz CT molecular complexity index is 763. The number of ether oxygens (including phenoxy) is 3. The summed E-state index contributed by atoms with van der Waals surface area (Å²) in [6.45, 7) is 5.80. The smallest absolute Gasteiger partial charge is 0.302 e. The van der Waals surface area contributed by atoms with Crippen molar-refractivity contribution in [2.45, 2.75) is 26.7 Å². The summed E-state index contributed by atoms with van der Waals surface area (Å²) < 4.78 is 15.7. The van der Waals surface area contributed by atoms with Gasteiger partial charge in [0.05, 0.1) is 20.8 Å². The van der Waals surface area contributed by atoms with Crippen molar-refractivity contribution in [1.29, 1.82) is 0 Å². The first-order valence-corrected chi connectivity index (χ1v) is 9.15. The maximum absolute atomic E-state index is 11.2. The summed E-state index contributed by atoms with van der Waals surface area (Å²) in [6.07, 6.45) is 0. The molecule has 6 nitrogen and oxygen atoms in total. The van der Waals surface area contributed by atoms with E-state index in [1.54, 1.807) is 24.3 Å². The lowest BCUT2D eigenvalue weighted by atomic mass is 9.76. The van der Waals surface area contributed by atoms with Crippen LogP contribution in [0.3, 0.4) is 0 Å². The van der Waals surface area contributed by atoms with Crippen molar-refractivity contribution < 1.29 is 29.2 Å². The third-order valence-electron chi connectivity index (χ3n) is 5.10. The van der Waals surface area contributed by atoms with Gasteiger partial charge in [-0.05, 0) is 47.2 Å². The quantitative estimate of drug-likeness (QED) is 0.663. The molecule has 0 bridgehead atoms. The van der Waals surface area contributed by atoms with Gasteiger partial charge in [-0.1, -0.05) is 26.0 Å². The van der Waals surface area contributed by atoms with Gasteiger partial charge in [-0.15, -0.1) is 0 Å². The van der Waals surface area contributed by atoms with E-state index in [2.05, 4.69) is 6.92 Å². The molecule has 0 heterocycles. The highest BCUT2D eigenvalue weighted by molar-refractivity contribution is 5.65. The highest BCUT2D eigenvalue weighted by atomic mass is 16.5. The summed E-state index contributed by atoms with van der Waals surface area (Å²) in [5, 5.41) is 19.9. The molecular formula is C22H28O6. The van der Waals surface area contributed by atoms with E-state index in [9.17, 15) is 15.0 Å². The van der Waals surface area contributed by atoms with E-state index in [1.165, 1.54) is 21.1 Å². The number of carbonyl (C=O) groups is 1. The summed E-state index contributed by atoms with van der Waals surface area (Å²) in [4.78, 5) is 11.2. The molecule has 2 atom stereocenters. The van der Waals surface area contributed by atoms with E-state index < -0.39 is 0 Å². The largest absolute Gasteiger partial charge is 0.504 e. The Kier molecular flexibility index (Phi) is 7.15. The van der Waals surface area contributed by atoms with Gasteiger partial charge < -0.3 is 24.4 Å². The van der Waals surface area contributed by atoms with E-state index >= 15 is 0 Å². The number of phenolic OH excluding ortho intramolecular Hbond substituents is 2. The Hall–Kier alpha value is -2.89. The van der Waals surface area contributed by atoms with Gasteiger partial charge in [0, 0.05) is 12.8 Å². The molecule has 0 saturated heterocycles. The van der Waals surface area contributed by atoms with Crippen LogP contribution in [0.15, 0.2) is 36.4 Å². The number of rotatable bonds is 8. The first-order valence-electron chi connectivity index (χ1n) is 9.15. The minimum Gasteiger partial charge on any atom is -0.504 e. The van der Waals surface area contributed by atoms with E-state index in [4.69, 9.17) is 14.2 Å². The SMILES string of the molecule is COc1cc(C(c2ccc(O)c(OC)c2)[C@H](C)[C@H](C)COC(C)=O)ccc1O. The molecule has 2 N–H and O–H groups in total. The van der Waals surface area contributed by atoms with Crippen molar-refractivity contribution in [2.75, 3.05) is 20.8 Å². The van der Waals surface area contributed by atoms with E-state index in [0.29, 0.717) is 18.1 Å². The summed E-state index contributed by atoms with van der Waals surface area (Å²) in [5.74, 6) is 0.614. The van der Waals surface area contributed by atoms with Crippen LogP contribution < -0.4 is 9.47 Å². The second-order valence-corrected chi connectivity index (χ2v) is 6.98. The highest BCUT2D eigenvalue weighted by Crippen LogP contribution is 2.41. The second-order valence-electron chi connectivity index (χ2n) is 6.98. The number of phenols is 2. The van der Waals surface area contributed by atoms with Crippen molar-refractivity contribution in [3.8, 4) is 23.0 Å². The predicted molar refractivity (Wildman–Crippen MR) is 106 cm³/mol. The van der Waals surface area contributed by atoms with Gasteiger partial charge in [0.25, 0.3) is 0 Å². The minimum absolute atomic E-state index is 0.0634. The topological polar surface area (TPSA) is 85.2 Å². The zero-order chi connectivity index (χ0) is 20.8. The van der Waals surface area contributed by atoms with Gasteiger partial charge >= 0.3 is 5.97 Å². The molecule has 0 saturated carbocycles. The highest BCUT2D eigenvalue weighted by Gasteiger charge is 2.28. The molecule has 0 fully saturated rings. The molecule has 2 aromatic rings. The second kappa shape index (κ2) is 9.35. The molecule has 0 aliphatic heterocycles. The third kappa shape index (κ3) is 4.88. The predicted octanol–water partition coefficient (Wildman–Crippen LogP) is 4.08. The Labute approximate surface area is 165 Å². The fourth-order valence-corrected chi connectivity index (χ4v) is 3.30. The summed E-state index contributed by atoms with van der Waals surface area (Å²) in [5.41, 5.74) is 1.87. The number of hydrogen-bond acceptors (Lipinski definition) is 6. The maximum Gasteiger partial charge on any atom is 0.302 e. The molecular weight excluding hydrogens is 360 g/mol. The monoisotopic (exact) mass is 388 g/mol. The van der Waals surface area contributed by atoms with Gasteiger partial charge in [-0.25, -0.2) is 0 Å². The average molecular weight is 388 g/mol. The number of hydrogen-bond donors (Lipinski definition) is 2. The van der Waals surface area contributed by atoms with Crippen LogP contribution in [0.1, 0.15) is 37.8 Å². The number of methoxy groups -OCH3 is 2. The molecule has 0 unspecified atom stereocenters. The first-order chi connectivity index (χ1) is 13.3. The van der Waals surface area contributed by atoms with Gasteiger partial charge in [0.15, 0.2) is 23.0 Å². The zero-order valence-corrected chi connectivity index (χ0v) is 16.9. The van der Waals surface area contributed by atoms with Crippen LogP contribution in [0.4, 0.5) is 0 Å². The Morgan fingerprint density at radius 3 is 1.79 bits per heavy atom. The van der Waals surface area contributed by atoms with Crippen LogP contribution in [0, 0.1) is 11.8 Å². The summed E-state index contributed by atoms with van der Waals surface area (Å²) >= 11 is 0. The van der Waals surface area contributed by atoms with Crippen LogP contribution in [0.2, 0.25) is 0 Å². The minimum atomic E-state index is -0.312. The average Bonchev–Trinajstić information content (AvgIpc) is 2.68. The van der Waals surface area contributed by atoms with Crippen molar-refractivity contribution in [3.05, 3.63) is 47.5 Å². The fourth-order valence-electron chi connectivity index (χ4n) is 3.30. The normalized spacial score (nSPS) is 13.1. The Morgan fingerprint density at radius 1 is 0.929 bits per heavy atom. The number of carbonyl (C=O) groups excluding carboxylic acids is 1. The lowest BCUT2D eigenvalue weighted by Gasteiger charge is -2.30. The number of esters is 1. The van der Waals surface area contributed by atoms with Crippen molar-refractivity contribution in [2.24, 2.45) is 11.8 Å². The lowest BCUT2D eigenvalue weighted by Crippen LogP contribution is -2.23. The molecule has 28 heavy (non-hydrogen) atoms. The molecule has 0 spiro atoms. The number of aromatic hydroxyl groups is 2. The Balaban J connectivity index is 2.50. The summed E-state index contributed by atoms with van der Waals surface area (Å²) in [7, 11) is 3.01. The molecule has 6 heteroatoms. The zero-order valence-electron chi connectivity index (χ0n) is 16.9. The van der Waals surface area contributed by atoms with Crippen LogP contribution >= 0.6 is 0 Å². The molecule has 152 valence electrons. The van der Waals surface area contributed by atoms with Gasteiger partial charge in [0.2, 0.25) is 0 Å². The first kappa shape index (κ1) is 21.4. The molecule has 0 aliphatic carbocycles. The summed E-state index contributed by atoms with van der Waals surface area (Å²) in [6, 6.07) is 10.5. The van der Waals surface area contributed by atoms with E-state index in [0.717, 1.165) is 11.1 Å². The standard InChI is InChI=1S/C22H28O6/c1-13(12-28-15(3)23)14(2)22(16-6-8-18(24)20(10-16)26-4)17-7-9-19(25)21(11-17)27-5/h6-11,13-14,22,24-25H,12H2,1-5H3/t13-,14-/m1/s1. The maximum atomic E-state index is 11.2. The van der Waals surface area contributed by atoms with Crippen molar-refractivity contribution in [3.63, 3.8) is 0 Å². The van der Waals surface area contributed by atoms with Crippen LogP contribution in [0.25, 0.3) is 0 Å². The van der Waals surface area contributed by atoms with Gasteiger partial charge in [-0.2, -0.15) is 0 Å². The van der Waals surface area contributed by atoms with Gasteiger partial charge in [-0.3, -0.25) is 4.79 Å². The molecule has 0 amide bonds. The molecule has 2 aromatic carbocycles. The van der Waals surface area contributed by atoms with Crippen LogP contribution in [0.5, 0.6) is 23.0 Å². The molecule has 0 radical (unpaired) electrons. The fraction of sp³-hybridized carbons (Fsp3) is 0.409. The van der Waals surface area contributed by atoms with Crippen molar-refractivity contribution in [1.82, 2.24) is 0 Å². The molecule has 2 rings (SSSR count). The van der Waals surface area contributed by atoms with Crippen molar-refractivity contribution >= 4 is 5.97 Å².